The number of hydrogen-bond donors (Lipinski definition) is 1. The van der Waals surface area contributed by atoms with Crippen molar-refractivity contribution < 1.29 is 18.3 Å². The van der Waals surface area contributed by atoms with E-state index in [-0.39, 0.29) is 27.3 Å². The molecule has 1 aliphatic rings. The lowest BCUT2D eigenvalue weighted by Crippen LogP contribution is -2.29. The Hall–Kier alpha value is -0.820. The normalized spacial score (nSPS) is 19.8. The van der Waals surface area contributed by atoms with E-state index in [4.69, 9.17) is 28.3 Å². The lowest BCUT2D eigenvalue weighted by atomic mass is 10.0. The maximum absolute atomic E-state index is 12.6. The molecule has 0 aliphatic carbocycles. The van der Waals surface area contributed by atoms with Gasteiger partial charge in [0.25, 0.3) is 0 Å². The van der Waals surface area contributed by atoms with Crippen LogP contribution in [0.15, 0.2) is 23.1 Å². The Morgan fingerprint density at radius 2 is 1.95 bits per heavy atom. The van der Waals surface area contributed by atoms with E-state index in [2.05, 4.69) is 0 Å². The first-order chi connectivity index (χ1) is 9.82. The van der Waals surface area contributed by atoms with Crippen LogP contribution in [0.25, 0.3) is 0 Å². The first-order valence-corrected chi connectivity index (χ1v) is 8.68. The highest BCUT2D eigenvalue weighted by Crippen LogP contribution is 2.34. The average molecular weight is 352 g/mol. The topological polar surface area (TPSA) is 74.7 Å². The Morgan fingerprint density at radius 1 is 1.33 bits per heavy atom. The number of carboxylic acids is 1. The van der Waals surface area contributed by atoms with E-state index in [1.807, 2.05) is 0 Å². The number of rotatable bonds is 5. The fraction of sp³-hybridized carbons (Fsp3) is 0.462. The predicted octanol–water partition coefficient (Wildman–Crippen LogP) is 2.87. The van der Waals surface area contributed by atoms with Crippen LogP contribution in [0.4, 0.5) is 0 Å². The van der Waals surface area contributed by atoms with E-state index in [1.165, 1.54) is 16.4 Å². The third-order valence-corrected chi connectivity index (χ3v) is 6.35. The molecule has 0 bridgehead atoms. The molecule has 116 valence electrons. The van der Waals surface area contributed by atoms with E-state index in [9.17, 15) is 13.2 Å². The molecule has 1 atom stereocenters. The third-order valence-electron chi connectivity index (χ3n) is 3.53. The van der Waals surface area contributed by atoms with Gasteiger partial charge in [0.1, 0.15) is 4.90 Å². The highest BCUT2D eigenvalue weighted by atomic mass is 35.5. The number of benzene rings is 1. The van der Waals surface area contributed by atoms with Crippen molar-refractivity contribution in [2.75, 3.05) is 13.1 Å². The Kier molecular flexibility index (Phi) is 5.14. The fourth-order valence-electron chi connectivity index (χ4n) is 2.44. The standard InChI is InChI=1S/C13H15Cl2NO4S/c14-10-2-1-3-11(15)13(10)21(19,20)16-7-6-9(8-16)4-5-12(17)18/h1-3,9H,4-8H2,(H,17,18). The van der Waals surface area contributed by atoms with Gasteiger partial charge >= 0.3 is 5.97 Å². The van der Waals surface area contributed by atoms with E-state index in [0.717, 1.165) is 0 Å². The first-order valence-electron chi connectivity index (χ1n) is 6.48. The zero-order valence-electron chi connectivity index (χ0n) is 11.1. The lowest BCUT2D eigenvalue weighted by Gasteiger charge is -2.18. The fourth-order valence-corrected chi connectivity index (χ4v) is 5.06. The number of hydrogen-bond acceptors (Lipinski definition) is 3. The van der Waals surface area contributed by atoms with Crippen molar-refractivity contribution in [3.8, 4) is 0 Å². The minimum Gasteiger partial charge on any atom is -0.481 e. The van der Waals surface area contributed by atoms with Crippen molar-refractivity contribution in [3.05, 3.63) is 28.2 Å². The van der Waals surface area contributed by atoms with Crippen LogP contribution in [0.1, 0.15) is 19.3 Å². The van der Waals surface area contributed by atoms with Crippen LogP contribution in [-0.4, -0.2) is 36.9 Å². The summed E-state index contributed by atoms with van der Waals surface area (Å²) in [5.41, 5.74) is 0. The van der Waals surface area contributed by atoms with Gasteiger partial charge in [0.2, 0.25) is 10.0 Å². The number of aliphatic carboxylic acids is 1. The van der Waals surface area contributed by atoms with Crippen LogP contribution in [-0.2, 0) is 14.8 Å². The summed E-state index contributed by atoms with van der Waals surface area (Å²) >= 11 is 11.9. The van der Waals surface area contributed by atoms with Crippen molar-refractivity contribution in [3.63, 3.8) is 0 Å². The summed E-state index contributed by atoms with van der Waals surface area (Å²) in [5, 5.41) is 8.87. The molecule has 1 heterocycles. The van der Waals surface area contributed by atoms with Crippen molar-refractivity contribution in [2.24, 2.45) is 5.92 Å². The Balaban J connectivity index is 2.17. The van der Waals surface area contributed by atoms with Crippen molar-refractivity contribution in [2.45, 2.75) is 24.2 Å². The van der Waals surface area contributed by atoms with E-state index >= 15 is 0 Å². The summed E-state index contributed by atoms with van der Waals surface area (Å²) in [6, 6.07) is 4.56. The minimum absolute atomic E-state index is 0.0470. The molecule has 1 aromatic carbocycles. The average Bonchev–Trinajstić information content (AvgIpc) is 2.85. The number of carbonyl (C=O) groups is 1. The molecular weight excluding hydrogens is 337 g/mol. The monoisotopic (exact) mass is 351 g/mol. The van der Waals surface area contributed by atoms with E-state index < -0.39 is 16.0 Å². The van der Waals surface area contributed by atoms with Gasteiger partial charge in [-0.05, 0) is 30.9 Å². The quantitative estimate of drug-likeness (QED) is 0.884. The Bertz CT molecular complexity index is 627. The molecule has 8 heteroatoms. The molecule has 1 aliphatic heterocycles. The van der Waals surface area contributed by atoms with Crippen LogP contribution in [0, 0.1) is 5.92 Å². The van der Waals surface area contributed by atoms with Crippen LogP contribution in [0.3, 0.4) is 0 Å². The van der Waals surface area contributed by atoms with Gasteiger partial charge in [-0.25, -0.2) is 8.42 Å². The maximum Gasteiger partial charge on any atom is 0.303 e. The number of carboxylic acid groups (broad SMARTS) is 1. The molecule has 5 nitrogen and oxygen atoms in total. The minimum atomic E-state index is -3.75. The summed E-state index contributed by atoms with van der Waals surface area (Å²) in [6.45, 7) is 0.658. The highest BCUT2D eigenvalue weighted by molar-refractivity contribution is 7.89. The summed E-state index contributed by atoms with van der Waals surface area (Å²) in [5.74, 6) is -0.817. The molecule has 21 heavy (non-hydrogen) atoms. The Morgan fingerprint density at radius 3 is 2.52 bits per heavy atom. The molecule has 0 saturated carbocycles. The van der Waals surface area contributed by atoms with Crippen LogP contribution >= 0.6 is 23.2 Å². The first kappa shape index (κ1) is 16.5. The van der Waals surface area contributed by atoms with Crippen LogP contribution in [0.2, 0.25) is 10.0 Å². The molecule has 1 unspecified atom stereocenters. The second kappa shape index (κ2) is 6.52. The zero-order chi connectivity index (χ0) is 15.6. The molecular formula is C13H15Cl2NO4S. The second-order valence-electron chi connectivity index (χ2n) is 5.00. The van der Waals surface area contributed by atoms with Gasteiger partial charge in [0.15, 0.2) is 0 Å². The number of halogens is 2. The van der Waals surface area contributed by atoms with Gasteiger partial charge in [-0.1, -0.05) is 29.3 Å². The smallest absolute Gasteiger partial charge is 0.303 e. The van der Waals surface area contributed by atoms with E-state index in [0.29, 0.717) is 25.9 Å². The second-order valence-corrected chi connectivity index (χ2v) is 7.69. The van der Waals surface area contributed by atoms with Crippen molar-refractivity contribution in [1.82, 2.24) is 4.31 Å². The largest absolute Gasteiger partial charge is 0.481 e. The van der Waals surface area contributed by atoms with Gasteiger partial charge in [-0.3, -0.25) is 4.79 Å². The molecule has 0 amide bonds. The van der Waals surface area contributed by atoms with Gasteiger partial charge in [-0.2, -0.15) is 4.31 Å². The maximum atomic E-state index is 12.6. The molecule has 1 aromatic rings. The Labute approximate surface area is 133 Å². The van der Waals surface area contributed by atoms with Crippen molar-refractivity contribution >= 4 is 39.2 Å². The van der Waals surface area contributed by atoms with Gasteiger partial charge in [0, 0.05) is 19.5 Å². The van der Waals surface area contributed by atoms with Gasteiger partial charge in [-0.15, -0.1) is 0 Å². The van der Waals surface area contributed by atoms with E-state index in [1.54, 1.807) is 6.07 Å². The van der Waals surface area contributed by atoms with Gasteiger partial charge in [0.05, 0.1) is 10.0 Å². The molecule has 2 rings (SSSR count). The third kappa shape index (κ3) is 3.69. The SMILES string of the molecule is O=C(O)CCC1CCN(S(=O)(=O)c2c(Cl)cccc2Cl)C1. The summed E-state index contributed by atoms with van der Waals surface area (Å²) in [6.07, 6.45) is 1.16. The number of nitrogens with zero attached hydrogens (tertiary/aromatic N) is 1. The summed E-state index contributed by atoms with van der Waals surface area (Å²) in [7, 11) is -3.75. The van der Waals surface area contributed by atoms with Crippen molar-refractivity contribution in [1.29, 1.82) is 0 Å². The molecule has 1 N–H and O–H groups in total. The summed E-state index contributed by atoms with van der Waals surface area (Å²) < 4.78 is 26.5. The lowest BCUT2D eigenvalue weighted by molar-refractivity contribution is -0.137. The number of sulfonamides is 1. The van der Waals surface area contributed by atoms with Gasteiger partial charge < -0.3 is 5.11 Å². The summed E-state index contributed by atoms with van der Waals surface area (Å²) in [4.78, 5) is 10.5. The molecule has 1 fully saturated rings. The van der Waals surface area contributed by atoms with Crippen LogP contribution in [0.5, 0.6) is 0 Å². The molecule has 0 aromatic heterocycles. The molecule has 0 radical (unpaired) electrons. The molecule has 1 saturated heterocycles. The zero-order valence-corrected chi connectivity index (χ0v) is 13.5. The highest BCUT2D eigenvalue weighted by Gasteiger charge is 2.35. The van der Waals surface area contributed by atoms with Crippen LogP contribution < -0.4 is 0 Å². The predicted molar refractivity (Wildman–Crippen MR) is 80.2 cm³/mol. The molecule has 0 spiro atoms.